The van der Waals surface area contributed by atoms with Gasteiger partial charge in [0, 0.05) is 49.0 Å². The van der Waals surface area contributed by atoms with Gasteiger partial charge in [0.15, 0.2) is 11.5 Å². The minimum Gasteiger partial charge on any atom is -0.391 e. The van der Waals surface area contributed by atoms with Crippen molar-refractivity contribution in [2.24, 2.45) is 11.1 Å². The molecule has 1 aliphatic heterocycles. The van der Waals surface area contributed by atoms with Gasteiger partial charge in [0.2, 0.25) is 23.6 Å². The topological polar surface area (TPSA) is 255 Å². The molecule has 2 fully saturated rings. The van der Waals surface area contributed by atoms with E-state index in [0.29, 0.717) is 41.3 Å². The Morgan fingerprint density at radius 2 is 1.62 bits per heavy atom. The minimum absolute atomic E-state index is 0.0242. The van der Waals surface area contributed by atoms with E-state index >= 15 is 0 Å². The number of β-amino-alcohol motifs (C(OH)–C–C–N with tert-alkyl or cyclic N) is 1. The van der Waals surface area contributed by atoms with E-state index in [4.69, 9.17) is 30.9 Å². The van der Waals surface area contributed by atoms with Gasteiger partial charge in [-0.05, 0) is 103 Å². The molecule has 8 N–H and O–H groups in total. The molecule has 1 aliphatic carbocycles. The van der Waals surface area contributed by atoms with Crippen molar-refractivity contribution in [1.29, 1.82) is 0 Å². The van der Waals surface area contributed by atoms with Gasteiger partial charge in [-0.3, -0.25) is 23.7 Å². The maximum atomic E-state index is 14.0. The molecule has 7 aromatic rings. The number of pyridine rings is 2. The highest BCUT2D eigenvalue weighted by atomic mass is 32.1. The number of anilines is 1. The summed E-state index contributed by atoms with van der Waals surface area (Å²) in [6.07, 6.45) is 4.44. The largest absolute Gasteiger partial charge is 0.391 e. The summed E-state index contributed by atoms with van der Waals surface area (Å²) in [6.45, 7) is 7.48. The SMILES string of the molecule is Cc1ncsc1-c1ccc(CNC(=O)[C@@H]2C[C@@H](O)CN2C(=O)[C@@H](NC(=O)COCCOCC(=O)NCCc2cccc(-c3ccc4nc(-c5cccnc5N)n(-c5ccc(C6(N)CCC6)cc5)c4n3)c2)C(C)(C)C)cc1. The number of nitrogens with zero attached hydrogens (tertiary/aromatic N) is 6. The van der Waals surface area contributed by atoms with Crippen LogP contribution in [0.3, 0.4) is 0 Å². The number of nitrogen functional groups attached to an aromatic ring is 1. The fourth-order valence-corrected chi connectivity index (χ4v) is 10.5. The van der Waals surface area contributed by atoms with Crippen LogP contribution in [-0.2, 0) is 47.2 Å². The predicted octanol–water partition coefficient (Wildman–Crippen LogP) is 6.00. The van der Waals surface area contributed by atoms with E-state index in [2.05, 4.69) is 56.3 Å². The number of fused-ring (bicyclic) bond motifs is 1. The number of ether oxygens (including phenoxy) is 2. The zero-order valence-corrected chi connectivity index (χ0v) is 44.1. The lowest BCUT2D eigenvalue weighted by atomic mass is 9.73. The highest BCUT2D eigenvalue weighted by Crippen LogP contribution is 2.40. The highest BCUT2D eigenvalue weighted by molar-refractivity contribution is 7.13. The number of aromatic nitrogens is 5. The third-order valence-corrected chi connectivity index (χ3v) is 15.0. The summed E-state index contributed by atoms with van der Waals surface area (Å²) >= 11 is 1.57. The number of hydrogen-bond donors (Lipinski definition) is 6. The number of imidazole rings is 1. The fraction of sp³-hybridized carbons (Fsp3) is 0.368. The second-order valence-corrected chi connectivity index (χ2v) is 21.5. The van der Waals surface area contributed by atoms with E-state index in [9.17, 15) is 24.3 Å². The molecule has 9 rings (SSSR count). The van der Waals surface area contributed by atoms with Gasteiger partial charge < -0.3 is 46.9 Å². The second kappa shape index (κ2) is 23.2. The number of benzene rings is 3. The van der Waals surface area contributed by atoms with Crippen LogP contribution < -0.4 is 27.4 Å². The van der Waals surface area contributed by atoms with Crippen molar-refractivity contribution in [3.8, 4) is 38.8 Å². The molecule has 396 valence electrons. The molecule has 18 nitrogen and oxygen atoms in total. The standard InChI is InChI=1S/C57H65N11O7S/c1-35-49(76-34-63-35)38-13-11-37(12-14-38)30-62-54(72)46-29-42(69)31-67(46)55(73)50(56(2,3)4)66-48(71)33-75-27-26-74-32-47(70)60-25-21-36-8-5-9-39(28-36)44-19-20-45-53(64-44)68(52(65-45)43-10-6-24-61-51(43)58)41-17-15-40(16-18-41)57(59)22-7-23-57/h5-6,8-20,24,28,34,42,46,50,69H,7,21-23,25-27,29-33,59H2,1-4H3,(H2,58,61)(H,60,70)(H,62,72)(H,66,71)/t42-,46+,50-/m1/s1. The number of aryl methyl sites for hydroxylation is 1. The number of amides is 4. The van der Waals surface area contributed by atoms with Crippen molar-refractivity contribution < 1.29 is 33.8 Å². The maximum absolute atomic E-state index is 14.0. The molecule has 1 saturated heterocycles. The molecule has 19 heteroatoms. The average molecular weight is 1050 g/mol. The molecule has 0 bridgehead atoms. The number of likely N-dealkylation sites (tertiary alicyclic amines) is 1. The lowest BCUT2D eigenvalue weighted by Gasteiger charge is -2.38. The molecule has 0 spiro atoms. The number of thiazole rings is 1. The number of carbonyl (C=O) groups is 4. The summed E-state index contributed by atoms with van der Waals surface area (Å²) in [5.41, 5.74) is 23.4. The summed E-state index contributed by atoms with van der Waals surface area (Å²) in [7, 11) is 0. The van der Waals surface area contributed by atoms with E-state index in [-0.39, 0.29) is 57.4 Å². The first-order valence-corrected chi connectivity index (χ1v) is 26.5. The van der Waals surface area contributed by atoms with Gasteiger partial charge in [-0.25, -0.2) is 19.9 Å². The fourth-order valence-electron chi connectivity index (χ4n) is 9.65. The Bertz CT molecular complexity index is 3200. The van der Waals surface area contributed by atoms with E-state index < -0.39 is 41.3 Å². The van der Waals surface area contributed by atoms with Gasteiger partial charge in [-0.15, -0.1) is 11.3 Å². The maximum Gasteiger partial charge on any atom is 0.246 e. The first-order chi connectivity index (χ1) is 36.5. The van der Waals surface area contributed by atoms with Crippen molar-refractivity contribution >= 4 is 51.9 Å². The monoisotopic (exact) mass is 1050 g/mol. The Labute approximate surface area is 445 Å². The van der Waals surface area contributed by atoms with Gasteiger partial charge in [0.25, 0.3) is 0 Å². The van der Waals surface area contributed by atoms with E-state index in [1.807, 2.05) is 99.0 Å². The van der Waals surface area contributed by atoms with Gasteiger partial charge in [-0.1, -0.05) is 75.4 Å². The molecular weight excluding hydrogens is 983 g/mol. The number of nitrogens with two attached hydrogens (primary N) is 2. The Kier molecular flexibility index (Phi) is 16.3. The van der Waals surface area contributed by atoms with Gasteiger partial charge in [-0.2, -0.15) is 0 Å². The van der Waals surface area contributed by atoms with Crippen molar-refractivity contribution in [3.63, 3.8) is 0 Å². The van der Waals surface area contributed by atoms with Crippen molar-refractivity contribution in [2.75, 3.05) is 45.3 Å². The summed E-state index contributed by atoms with van der Waals surface area (Å²) in [4.78, 5) is 74.5. The quantitative estimate of drug-likeness (QED) is 0.0480. The van der Waals surface area contributed by atoms with Crippen molar-refractivity contribution in [1.82, 2.24) is 45.4 Å². The van der Waals surface area contributed by atoms with Crippen LogP contribution in [0.15, 0.2) is 109 Å². The Balaban J connectivity index is 0.722. The minimum atomic E-state index is -1.01. The van der Waals surface area contributed by atoms with Crippen LogP contribution >= 0.6 is 11.3 Å². The molecule has 0 radical (unpaired) electrons. The normalized spacial score (nSPS) is 16.5. The van der Waals surface area contributed by atoms with Crippen LogP contribution in [0.4, 0.5) is 5.82 Å². The smallest absolute Gasteiger partial charge is 0.246 e. The molecule has 76 heavy (non-hydrogen) atoms. The third kappa shape index (κ3) is 12.3. The van der Waals surface area contributed by atoms with Gasteiger partial charge in [0.05, 0.1) is 46.7 Å². The molecule has 1 saturated carbocycles. The number of nitrogens with one attached hydrogen (secondary N) is 3. The van der Waals surface area contributed by atoms with E-state index in [1.165, 1.54) is 4.90 Å². The first-order valence-electron chi connectivity index (χ1n) is 25.6. The average Bonchev–Trinajstić information content (AvgIpc) is 4.13. The highest BCUT2D eigenvalue weighted by Gasteiger charge is 2.44. The summed E-state index contributed by atoms with van der Waals surface area (Å²) in [6, 6.07) is 29.8. The third-order valence-electron chi connectivity index (χ3n) is 14.0. The molecule has 3 aromatic carbocycles. The molecule has 0 unspecified atom stereocenters. The van der Waals surface area contributed by atoms with Crippen LogP contribution in [0.5, 0.6) is 0 Å². The van der Waals surface area contributed by atoms with Crippen molar-refractivity contribution in [3.05, 3.63) is 131 Å². The second-order valence-electron chi connectivity index (χ2n) is 20.7. The predicted molar refractivity (Wildman–Crippen MR) is 292 cm³/mol. The molecule has 4 aromatic heterocycles. The molecule has 5 heterocycles. The molecule has 3 atom stereocenters. The van der Waals surface area contributed by atoms with Crippen LogP contribution in [0, 0.1) is 12.3 Å². The number of aliphatic hydroxyl groups is 1. The number of rotatable bonds is 20. The van der Waals surface area contributed by atoms with Crippen LogP contribution in [0.2, 0.25) is 0 Å². The zero-order chi connectivity index (χ0) is 53.6. The summed E-state index contributed by atoms with van der Waals surface area (Å²) in [5.74, 6) is -0.709. The molecule has 2 aliphatic rings. The lowest BCUT2D eigenvalue weighted by molar-refractivity contribution is -0.144. The molecule has 4 amide bonds. The van der Waals surface area contributed by atoms with E-state index in [1.54, 1.807) is 23.0 Å². The molecular formula is C57H65N11O7S. The van der Waals surface area contributed by atoms with Gasteiger partial charge in [0.1, 0.15) is 36.6 Å². The van der Waals surface area contributed by atoms with Crippen LogP contribution in [-0.4, -0.2) is 116 Å². The summed E-state index contributed by atoms with van der Waals surface area (Å²) in [5, 5.41) is 19.2. The summed E-state index contributed by atoms with van der Waals surface area (Å²) < 4.78 is 13.1. The Morgan fingerprint density at radius 3 is 2.30 bits per heavy atom. The van der Waals surface area contributed by atoms with E-state index in [0.717, 1.165) is 69.0 Å². The van der Waals surface area contributed by atoms with Crippen LogP contribution in [0.1, 0.15) is 68.8 Å². The van der Waals surface area contributed by atoms with Gasteiger partial charge >= 0.3 is 0 Å². The zero-order valence-electron chi connectivity index (χ0n) is 43.3. The number of aliphatic hydroxyl groups excluding tert-OH is 1. The lowest BCUT2D eigenvalue weighted by Crippen LogP contribution is -2.58. The Morgan fingerprint density at radius 1 is 0.868 bits per heavy atom. The van der Waals surface area contributed by atoms with Crippen LogP contribution in [0.25, 0.3) is 49.9 Å². The number of hydrogen-bond acceptors (Lipinski definition) is 14. The van der Waals surface area contributed by atoms with Crippen molar-refractivity contribution in [2.45, 2.75) is 90.1 Å². The Hall–Kier alpha value is -7.42. The first kappa shape index (κ1) is 53.4. The number of carbonyl (C=O) groups excluding carboxylic acids is 4.